The van der Waals surface area contributed by atoms with E-state index in [-0.39, 0.29) is 5.41 Å². The first-order chi connectivity index (χ1) is 8.97. The fraction of sp³-hybridized carbons (Fsp3) is 0.353. The molecule has 0 spiro atoms. The van der Waals surface area contributed by atoms with Crippen LogP contribution in [0.5, 0.6) is 0 Å². The van der Waals surface area contributed by atoms with E-state index in [0.717, 1.165) is 12.1 Å². The largest absolute Gasteiger partial charge is 0.261 e. The molecule has 1 unspecified atom stereocenters. The summed E-state index contributed by atoms with van der Waals surface area (Å²) in [5.41, 5.74) is 4.00. The molecule has 0 radical (unpaired) electrons. The number of aromatic nitrogens is 1. The summed E-state index contributed by atoms with van der Waals surface area (Å²) in [5.74, 6) is 0. The molecule has 1 nitrogen and oxygen atoms in total. The molecule has 0 bridgehead atoms. The molecule has 2 heteroatoms. The fourth-order valence-corrected chi connectivity index (χ4v) is 2.65. The Balaban J connectivity index is 2.10. The highest BCUT2D eigenvalue weighted by atomic mass is 79.9. The molecular weight excluding hydrogens is 298 g/mol. The first-order valence-electron chi connectivity index (χ1n) is 6.61. The summed E-state index contributed by atoms with van der Waals surface area (Å²) in [7, 11) is 0. The zero-order valence-electron chi connectivity index (χ0n) is 11.7. The van der Waals surface area contributed by atoms with Crippen LogP contribution in [0.15, 0.2) is 48.7 Å². The summed E-state index contributed by atoms with van der Waals surface area (Å²) in [5, 5.41) is 0. The van der Waals surface area contributed by atoms with Crippen LogP contribution < -0.4 is 0 Å². The van der Waals surface area contributed by atoms with Gasteiger partial charge in [-0.1, -0.05) is 67.0 Å². The van der Waals surface area contributed by atoms with Gasteiger partial charge in [-0.25, -0.2) is 0 Å². The molecule has 0 amide bonds. The summed E-state index contributed by atoms with van der Waals surface area (Å²) in [6.45, 7) is 6.71. The third-order valence-corrected chi connectivity index (χ3v) is 4.11. The molecule has 1 aromatic heterocycles. The van der Waals surface area contributed by atoms with E-state index in [2.05, 4.69) is 72.0 Å². The van der Waals surface area contributed by atoms with Crippen molar-refractivity contribution >= 4 is 15.9 Å². The Labute approximate surface area is 124 Å². The van der Waals surface area contributed by atoms with Crippen LogP contribution in [-0.4, -0.2) is 4.98 Å². The molecule has 0 aliphatic rings. The second-order valence-electron chi connectivity index (χ2n) is 5.86. The van der Waals surface area contributed by atoms with E-state index in [4.69, 9.17) is 0 Å². The van der Waals surface area contributed by atoms with E-state index in [1.54, 1.807) is 0 Å². The Bertz CT molecular complexity index is 511. The highest BCUT2D eigenvalue weighted by Gasteiger charge is 2.14. The van der Waals surface area contributed by atoms with Crippen molar-refractivity contribution in [2.45, 2.75) is 37.4 Å². The molecular formula is C17H20BrN. The SMILES string of the molecule is CC(C)(C)c1ccc(C(Br)Cc2ccccn2)cc1. The molecule has 0 N–H and O–H groups in total. The van der Waals surface area contributed by atoms with Crippen molar-refractivity contribution in [3.05, 3.63) is 65.5 Å². The van der Waals surface area contributed by atoms with Crippen molar-refractivity contribution in [2.24, 2.45) is 0 Å². The quantitative estimate of drug-likeness (QED) is 0.721. The van der Waals surface area contributed by atoms with Crippen LogP contribution in [-0.2, 0) is 11.8 Å². The van der Waals surface area contributed by atoms with E-state index in [1.807, 2.05) is 18.3 Å². The Hall–Kier alpha value is -1.15. The zero-order chi connectivity index (χ0) is 13.9. The first kappa shape index (κ1) is 14.3. The lowest BCUT2D eigenvalue weighted by Gasteiger charge is -2.20. The molecule has 2 rings (SSSR count). The number of pyridine rings is 1. The van der Waals surface area contributed by atoms with E-state index in [0.29, 0.717) is 4.83 Å². The molecule has 0 fully saturated rings. The summed E-state index contributed by atoms with van der Waals surface area (Å²) in [4.78, 5) is 4.69. The second kappa shape index (κ2) is 5.87. The van der Waals surface area contributed by atoms with Crippen LogP contribution in [0, 0.1) is 0 Å². The monoisotopic (exact) mass is 317 g/mol. The van der Waals surface area contributed by atoms with Gasteiger partial charge in [0.15, 0.2) is 0 Å². The second-order valence-corrected chi connectivity index (χ2v) is 6.97. The maximum atomic E-state index is 4.37. The van der Waals surface area contributed by atoms with Crippen molar-refractivity contribution < 1.29 is 0 Å². The zero-order valence-corrected chi connectivity index (χ0v) is 13.3. The minimum Gasteiger partial charge on any atom is -0.261 e. The normalized spacial score (nSPS) is 13.3. The Morgan fingerprint density at radius 2 is 1.74 bits per heavy atom. The molecule has 2 aromatic rings. The number of hydrogen-bond acceptors (Lipinski definition) is 1. The molecule has 0 aliphatic carbocycles. The molecule has 100 valence electrons. The maximum absolute atomic E-state index is 4.37. The molecule has 0 saturated carbocycles. The summed E-state index contributed by atoms with van der Waals surface area (Å²) < 4.78 is 0. The van der Waals surface area contributed by atoms with Gasteiger partial charge in [-0.15, -0.1) is 0 Å². The average molecular weight is 318 g/mol. The van der Waals surface area contributed by atoms with Crippen molar-refractivity contribution in [3.8, 4) is 0 Å². The van der Waals surface area contributed by atoms with Crippen molar-refractivity contribution in [1.82, 2.24) is 4.98 Å². The summed E-state index contributed by atoms with van der Waals surface area (Å²) in [6, 6.07) is 14.9. The molecule has 0 saturated heterocycles. The maximum Gasteiger partial charge on any atom is 0.0450 e. The fourth-order valence-electron chi connectivity index (χ4n) is 2.01. The topological polar surface area (TPSA) is 12.9 Å². The number of rotatable bonds is 3. The van der Waals surface area contributed by atoms with Crippen molar-refractivity contribution in [3.63, 3.8) is 0 Å². The van der Waals surface area contributed by atoms with E-state index >= 15 is 0 Å². The van der Waals surface area contributed by atoms with Gasteiger partial charge in [-0.05, 0) is 28.7 Å². The Morgan fingerprint density at radius 3 is 2.26 bits per heavy atom. The number of hydrogen-bond donors (Lipinski definition) is 0. The highest BCUT2D eigenvalue weighted by Crippen LogP contribution is 2.29. The van der Waals surface area contributed by atoms with Crippen LogP contribution >= 0.6 is 15.9 Å². The third kappa shape index (κ3) is 3.90. The third-order valence-electron chi connectivity index (χ3n) is 3.25. The number of nitrogens with zero attached hydrogens (tertiary/aromatic N) is 1. The average Bonchev–Trinajstić information content (AvgIpc) is 2.39. The van der Waals surface area contributed by atoms with Crippen LogP contribution in [0.3, 0.4) is 0 Å². The Morgan fingerprint density at radius 1 is 1.05 bits per heavy atom. The lowest BCUT2D eigenvalue weighted by atomic mass is 9.86. The van der Waals surface area contributed by atoms with E-state index in [9.17, 15) is 0 Å². The molecule has 0 aliphatic heterocycles. The standard InChI is InChI=1S/C17H20BrN/c1-17(2,3)14-9-7-13(8-10-14)16(18)12-15-6-4-5-11-19-15/h4-11,16H,12H2,1-3H3. The van der Waals surface area contributed by atoms with Gasteiger partial charge in [0.2, 0.25) is 0 Å². The van der Waals surface area contributed by atoms with Crippen LogP contribution in [0.25, 0.3) is 0 Å². The van der Waals surface area contributed by atoms with Crippen molar-refractivity contribution in [2.75, 3.05) is 0 Å². The molecule has 19 heavy (non-hydrogen) atoms. The lowest BCUT2D eigenvalue weighted by molar-refractivity contribution is 0.590. The number of halogens is 1. The van der Waals surface area contributed by atoms with Gasteiger partial charge in [-0.2, -0.15) is 0 Å². The lowest BCUT2D eigenvalue weighted by Crippen LogP contribution is -2.10. The first-order valence-corrected chi connectivity index (χ1v) is 7.53. The van der Waals surface area contributed by atoms with Gasteiger partial charge in [-0.3, -0.25) is 4.98 Å². The van der Waals surface area contributed by atoms with Crippen molar-refractivity contribution in [1.29, 1.82) is 0 Å². The smallest absolute Gasteiger partial charge is 0.0450 e. The minimum atomic E-state index is 0.210. The summed E-state index contributed by atoms with van der Waals surface area (Å²) >= 11 is 3.76. The Kier molecular flexibility index (Phi) is 4.41. The van der Waals surface area contributed by atoms with Gasteiger partial charge in [0, 0.05) is 23.1 Å². The van der Waals surface area contributed by atoms with Gasteiger partial charge in [0.1, 0.15) is 0 Å². The van der Waals surface area contributed by atoms with E-state index < -0.39 is 0 Å². The molecule has 1 atom stereocenters. The van der Waals surface area contributed by atoms with Gasteiger partial charge in [0.25, 0.3) is 0 Å². The molecule has 1 heterocycles. The van der Waals surface area contributed by atoms with E-state index in [1.165, 1.54) is 11.1 Å². The van der Waals surface area contributed by atoms with Gasteiger partial charge < -0.3 is 0 Å². The highest BCUT2D eigenvalue weighted by molar-refractivity contribution is 9.09. The van der Waals surface area contributed by atoms with Crippen LogP contribution in [0.4, 0.5) is 0 Å². The summed E-state index contributed by atoms with van der Waals surface area (Å²) in [6.07, 6.45) is 2.76. The van der Waals surface area contributed by atoms with Crippen LogP contribution in [0.1, 0.15) is 42.4 Å². The van der Waals surface area contributed by atoms with Gasteiger partial charge in [0.05, 0.1) is 0 Å². The van der Waals surface area contributed by atoms with Crippen LogP contribution in [0.2, 0.25) is 0 Å². The number of alkyl halides is 1. The predicted molar refractivity (Wildman–Crippen MR) is 84.8 cm³/mol. The predicted octanol–water partition coefficient (Wildman–Crippen LogP) is 5.06. The van der Waals surface area contributed by atoms with Gasteiger partial charge >= 0.3 is 0 Å². The number of benzene rings is 1. The minimum absolute atomic E-state index is 0.210. The molecule has 1 aromatic carbocycles.